The summed E-state index contributed by atoms with van der Waals surface area (Å²) in [6.07, 6.45) is 5.06. The van der Waals surface area contributed by atoms with E-state index < -0.39 is 6.09 Å². The Hall–Kier alpha value is -3.71. The zero-order chi connectivity index (χ0) is 20.4. The van der Waals surface area contributed by atoms with Gasteiger partial charge in [-0.1, -0.05) is 54.5 Å². The third-order valence-electron chi connectivity index (χ3n) is 5.44. The van der Waals surface area contributed by atoms with Crippen LogP contribution in [0.15, 0.2) is 60.7 Å². The molecule has 0 radical (unpaired) electrons. The van der Waals surface area contributed by atoms with Crippen LogP contribution in [0.4, 0.5) is 10.5 Å². The van der Waals surface area contributed by atoms with Crippen molar-refractivity contribution in [2.24, 2.45) is 0 Å². The molecule has 0 atom stereocenters. The van der Waals surface area contributed by atoms with Crippen LogP contribution in [0.2, 0.25) is 0 Å². The molecular formula is C25H22N2O2. The number of anilines is 1. The fourth-order valence-corrected chi connectivity index (χ4v) is 3.87. The maximum absolute atomic E-state index is 12.3. The van der Waals surface area contributed by atoms with Crippen molar-refractivity contribution in [3.63, 3.8) is 0 Å². The van der Waals surface area contributed by atoms with Gasteiger partial charge in [-0.3, -0.25) is 0 Å². The highest BCUT2D eigenvalue weighted by molar-refractivity contribution is 5.79. The van der Waals surface area contributed by atoms with Gasteiger partial charge in [0.15, 0.2) is 0 Å². The van der Waals surface area contributed by atoms with Gasteiger partial charge in [-0.05, 0) is 52.4 Å². The van der Waals surface area contributed by atoms with Crippen molar-refractivity contribution in [2.45, 2.75) is 19.4 Å². The average Bonchev–Trinajstić information content (AvgIpc) is 3.07. The van der Waals surface area contributed by atoms with Gasteiger partial charge in [0.05, 0.1) is 0 Å². The van der Waals surface area contributed by atoms with E-state index in [0.29, 0.717) is 12.2 Å². The van der Waals surface area contributed by atoms with Gasteiger partial charge in [-0.25, -0.2) is 4.79 Å². The smallest absolute Gasteiger partial charge is 0.407 e. The van der Waals surface area contributed by atoms with Gasteiger partial charge in [-0.2, -0.15) is 0 Å². The summed E-state index contributed by atoms with van der Waals surface area (Å²) in [5.41, 5.74) is 13.8. The summed E-state index contributed by atoms with van der Waals surface area (Å²) >= 11 is 0. The Morgan fingerprint density at radius 1 is 1.10 bits per heavy atom. The number of terminal acetylenes is 1. The number of rotatable bonds is 4. The molecule has 3 N–H and O–H groups in total. The Labute approximate surface area is 170 Å². The third kappa shape index (κ3) is 3.55. The van der Waals surface area contributed by atoms with Gasteiger partial charge in [0.2, 0.25) is 0 Å². The third-order valence-corrected chi connectivity index (χ3v) is 5.44. The van der Waals surface area contributed by atoms with E-state index >= 15 is 0 Å². The second-order valence-corrected chi connectivity index (χ2v) is 7.18. The lowest BCUT2D eigenvalue weighted by atomic mass is 9.98. The fraction of sp³-hybridized carbons (Fsp3) is 0.160. The first-order chi connectivity index (χ1) is 14.1. The molecule has 0 unspecified atom stereocenters. The van der Waals surface area contributed by atoms with Crippen molar-refractivity contribution in [3.8, 4) is 23.5 Å². The number of carbonyl (C=O) groups excluding carboxylic acids is 1. The number of alkyl carbamates (subject to hydrolysis) is 1. The van der Waals surface area contributed by atoms with Gasteiger partial charge < -0.3 is 15.8 Å². The van der Waals surface area contributed by atoms with Gasteiger partial charge >= 0.3 is 6.09 Å². The fourth-order valence-electron chi connectivity index (χ4n) is 3.87. The molecule has 3 aromatic carbocycles. The minimum absolute atomic E-state index is 0.0382. The molecule has 4 rings (SSSR count). The molecule has 1 aliphatic rings. The number of benzene rings is 3. The van der Waals surface area contributed by atoms with Gasteiger partial charge in [0.25, 0.3) is 0 Å². The molecule has 0 spiro atoms. The van der Waals surface area contributed by atoms with Crippen LogP contribution in [-0.4, -0.2) is 12.7 Å². The van der Waals surface area contributed by atoms with Crippen LogP contribution in [0.3, 0.4) is 0 Å². The second-order valence-electron chi connectivity index (χ2n) is 7.18. The first-order valence-corrected chi connectivity index (χ1v) is 9.53. The number of hydrogen-bond donors (Lipinski definition) is 2. The predicted octanol–water partition coefficient (Wildman–Crippen LogP) is 4.60. The van der Waals surface area contributed by atoms with E-state index in [0.717, 1.165) is 16.7 Å². The highest BCUT2D eigenvalue weighted by Gasteiger charge is 2.28. The van der Waals surface area contributed by atoms with Gasteiger partial charge in [0, 0.05) is 23.7 Å². The Kier molecular flexibility index (Phi) is 4.97. The minimum atomic E-state index is -0.465. The molecule has 0 aromatic heterocycles. The van der Waals surface area contributed by atoms with Crippen LogP contribution in [0.5, 0.6) is 0 Å². The average molecular weight is 382 g/mol. The van der Waals surface area contributed by atoms with Crippen LogP contribution in [-0.2, 0) is 11.3 Å². The molecule has 4 nitrogen and oxygen atoms in total. The maximum atomic E-state index is 12.3. The van der Waals surface area contributed by atoms with Crippen molar-refractivity contribution in [1.82, 2.24) is 5.32 Å². The van der Waals surface area contributed by atoms with Crippen molar-refractivity contribution < 1.29 is 9.53 Å². The van der Waals surface area contributed by atoms with Gasteiger partial charge in [0.1, 0.15) is 6.61 Å². The molecule has 0 bridgehead atoms. The van der Waals surface area contributed by atoms with Gasteiger partial charge in [-0.15, -0.1) is 6.42 Å². The largest absolute Gasteiger partial charge is 0.449 e. The molecule has 0 saturated heterocycles. The quantitative estimate of drug-likeness (QED) is 0.512. The second kappa shape index (κ2) is 7.73. The number of amides is 1. The molecule has 144 valence electrons. The van der Waals surface area contributed by atoms with Crippen molar-refractivity contribution in [2.75, 3.05) is 12.3 Å². The number of hydrogen-bond acceptors (Lipinski definition) is 3. The molecule has 29 heavy (non-hydrogen) atoms. The molecular weight excluding hydrogens is 360 g/mol. The minimum Gasteiger partial charge on any atom is -0.449 e. The first-order valence-electron chi connectivity index (χ1n) is 9.53. The van der Waals surface area contributed by atoms with E-state index in [2.05, 4.69) is 35.5 Å². The lowest BCUT2D eigenvalue weighted by Crippen LogP contribution is -2.25. The number of ether oxygens (including phenoxy) is 1. The highest BCUT2D eigenvalue weighted by atomic mass is 16.5. The van der Waals surface area contributed by atoms with Crippen molar-refractivity contribution in [1.29, 1.82) is 0 Å². The van der Waals surface area contributed by atoms with E-state index in [9.17, 15) is 4.79 Å². The first kappa shape index (κ1) is 18.6. The Bertz CT molecular complexity index is 1080. The zero-order valence-electron chi connectivity index (χ0n) is 16.2. The number of fused-ring (bicyclic) bond motifs is 3. The lowest BCUT2D eigenvalue weighted by Gasteiger charge is -2.15. The van der Waals surface area contributed by atoms with E-state index in [-0.39, 0.29) is 12.5 Å². The molecule has 4 heteroatoms. The molecule has 1 aliphatic carbocycles. The highest BCUT2D eigenvalue weighted by Crippen LogP contribution is 2.44. The number of nitrogen functional groups attached to an aromatic ring is 1. The number of nitrogens with one attached hydrogen (secondary N) is 1. The van der Waals surface area contributed by atoms with E-state index in [1.807, 2.05) is 43.3 Å². The Morgan fingerprint density at radius 3 is 2.34 bits per heavy atom. The summed E-state index contributed by atoms with van der Waals surface area (Å²) in [4.78, 5) is 12.3. The molecule has 0 fully saturated rings. The predicted molar refractivity (Wildman–Crippen MR) is 115 cm³/mol. The summed E-state index contributed by atoms with van der Waals surface area (Å²) in [5, 5.41) is 2.78. The van der Waals surface area contributed by atoms with E-state index in [1.165, 1.54) is 22.3 Å². The summed E-state index contributed by atoms with van der Waals surface area (Å²) in [6, 6.07) is 20.2. The summed E-state index contributed by atoms with van der Waals surface area (Å²) < 4.78 is 5.55. The van der Waals surface area contributed by atoms with E-state index in [1.54, 1.807) is 0 Å². The Morgan fingerprint density at radius 2 is 1.72 bits per heavy atom. The summed E-state index contributed by atoms with van der Waals surface area (Å²) in [7, 11) is 0. The van der Waals surface area contributed by atoms with Crippen LogP contribution in [0, 0.1) is 19.3 Å². The van der Waals surface area contributed by atoms with Crippen molar-refractivity contribution >= 4 is 11.8 Å². The van der Waals surface area contributed by atoms with Crippen molar-refractivity contribution in [3.05, 3.63) is 88.5 Å². The number of carbonyl (C=O) groups is 1. The summed E-state index contributed by atoms with van der Waals surface area (Å²) in [5.74, 6) is 2.66. The monoisotopic (exact) mass is 382 g/mol. The molecule has 0 saturated carbocycles. The summed E-state index contributed by atoms with van der Waals surface area (Å²) in [6.45, 7) is 2.47. The SMILES string of the molecule is C#Cc1cc(CNC(=O)OCC2c3ccccc3-c3ccccc32)cc(N)c1C. The maximum Gasteiger partial charge on any atom is 0.407 e. The van der Waals surface area contributed by atoms with Crippen LogP contribution in [0.25, 0.3) is 11.1 Å². The topological polar surface area (TPSA) is 64.3 Å². The molecule has 1 amide bonds. The zero-order valence-corrected chi connectivity index (χ0v) is 16.2. The van der Waals surface area contributed by atoms with E-state index in [4.69, 9.17) is 16.9 Å². The molecule has 0 heterocycles. The molecule has 3 aromatic rings. The normalized spacial score (nSPS) is 12.0. The van der Waals surface area contributed by atoms with Crippen LogP contribution in [0.1, 0.15) is 33.7 Å². The standard InChI is InChI=1S/C25H22N2O2/c1-3-18-12-17(13-24(26)16(18)2)14-27-25(28)29-15-23-21-10-6-4-8-19(21)20-9-5-7-11-22(20)23/h1,4-13,23H,14-15,26H2,2H3,(H,27,28). The molecule has 0 aliphatic heterocycles. The van der Waals surface area contributed by atoms with Crippen LogP contribution < -0.4 is 11.1 Å². The Balaban J connectivity index is 1.42. The lowest BCUT2D eigenvalue weighted by molar-refractivity contribution is 0.142. The number of nitrogens with two attached hydrogens (primary N) is 1. The van der Waals surface area contributed by atoms with Crippen LogP contribution >= 0.6 is 0 Å².